The topological polar surface area (TPSA) is 49.4 Å². The van der Waals surface area contributed by atoms with Gasteiger partial charge in [0.25, 0.3) is 0 Å². The van der Waals surface area contributed by atoms with Gasteiger partial charge in [0.2, 0.25) is 10.0 Å². The van der Waals surface area contributed by atoms with Gasteiger partial charge in [0.1, 0.15) is 0 Å². The largest absolute Gasteiger partial charge is 0.310 e. The molecule has 0 bridgehead atoms. The number of para-hydroxylation sites is 1. The molecule has 0 radical (unpaired) electrons. The number of nitrogens with zero attached hydrogens (tertiary/aromatic N) is 1. The molecule has 4 nitrogen and oxygen atoms in total. The van der Waals surface area contributed by atoms with Crippen LogP contribution in [0.1, 0.15) is 31.9 Å². The van der Waals surface area contributed by atoms with Gasteiger partial charge in [-0.3, -0.25) is 4.31 Å². The van der Waals surface area contributed by atoms with Gasteiger partial charge in [-0.05, 0) is 31.5 Å². The van der Waals surface area contributed by atoms with Crippen molar-refractivity contribution in [1.29, 1.82) is 0 Å². The highest BCUT2D eigenvalue weighted by Crippen LogP contribution is 2.31. The number of anilines is 1. The van der Waals surface area contributed by atoms with Gasteiger partial charge in [0, 0.05) is 12.6 Å². The third kappa shape index (κ3) is 2.52. The predicted molar refractivity (Wildman–Crippen MR) is 74.3 cm³/mol. The summed E-state index contributed by atoms with van der Waals surface area (Å²) in [5.41, 5.74) is 1.87. The molecule has 1 aromatic rings. The van der Waals surface area contributed by atoms with E-state index in [9.17, 15) is 8.42 Å². The summed E-state index contributed by atoms with van der Waals surface area (Å²) in [4.78, 5) is 0. The van der Waals surface area contributed by atoms with E-state index in [-0.39, 0.29) is 11.8 Å². The Morgan fingerprint density at radius 2 is 2.11 bits per heavy atom. The Morgan fingerprint density at radius 3 is 2.72 bits per heavy atom. The van der Waals surface area contributed by atoms with E-state index >= 15 is 0 Å². The average molecular weight is 268 g/mol. The molecule has 0 aliphatic carbocycles. The molecular weight excluding hydrogens is 248 g/mol. The van der Waals surface area contributed by atoms with Gasteiger partial charge < -0.3 is 5.32 Å². The Kier molecular flexibility index (Phi) is 3.92. The molecule has 1 atom stereocenters. The Hall–Kier alpha value is -1.07. The van der Waals surface area contributed by atoms with Crippen molar-refractivity contribution in [3.8, 4) is 0 Å². The van der Waals surface area contributed by atoms with E-state index in [1.807, 2.05) is 31.2 Å². The fraction of sp³-hybridized carbons (Fsp3) is 0.538. The minimum atomic E-state index is -3.11. The Balaban J connectivity index is 2.39. The molecular formula is C13H20N2O2S. The smallest absolute Gasteiger partial charge is 0.235 e. The lowest BCUT2D eigenvalue weighted by Crippen LogP contribution is -2.28. The predicted octanol–water partition coefficient (Wildman–Crippen LogP) is 1.90. The SMILES string of the molecule is CCNC(C)c1ccccc1N1CCCS1(=O)=O. The standard InChI is InChI=1S/C13H20N2O2S/c1-3-14-11(2)12-7-4-5-8-13(12)15-9-6-10-18(15,16)17/h4-5,7-8,11,14H,3,6,9-10H2,1-2H3. The zero-order valence-electron chi connectivity index (χ0n) is 10.9. The van der Waals surface area contributed by atoms with Crippen molar-refractivity contribution in [2.75, 3.05) is 23.1 Å². The summed E-state index contributed by atoms with van der Waals surface area (Å²) in [6.07, 6.45) is 0.715. The number of sulfonamides is 1. The van der Waals surface area contributed by atoms with Crippen molar-refractivity contribution in [2.45, 2.75) is 26.3 Å². The van der Waals surface area contributed by atoms with Crippen LogP contribution in [-0.2, 0) is 10.0 Å². The first-order valence-corrected chi connectivity index (χ1v) is 8.00. The first-order valence-electron chi connectivity index (χ1n) is 6.39. The van der Waals surface area contributed by atoms with Gasteiger partial charge in [-0.1, -0.05) is 25.1 Å². The van der Waals surface area contributed by atoms with Crippen LogP contribution in [0.15, 0.2) is 24.3 Å². The van der Waals surface area contributed by atoms with Crippen LogP contribution in [0.3, 0.4) is 0 Å². The Bertz CT molecular complexity index is 513. The van der Waals surface area contributed by atoms with Gasteiger partial charge in [-0.2, -0.15) is 0 Å². The van der Waals surface area contributed by atoms with Crippen LogP contribution >= 0.6 is 0 Å². The molecule has 0 spiro atoms. The lowest BCUT2D eigenvalue weighted by Gasteiger charge is -2.23. The van der Waals surface area contributed by atoms with Crippen LogP contribution < -0.4 is 9.62 Å². The summed E-state index contributed by atoms with van der Waals surface area (Å²) in [5.74, 6) is 0.261. The molecule has 0 amide bonds. The van der Waals surface area contributed by atoms with E-state index in [1.54, 1.807) is 4.31 Å². The van der Waals surface area contributed by atoms with Crippen LogP contribution in [0.2, 0.25) is 0 Å². The first-order chi connectivity index (χ1) is 8.56. The zero-order chi connectivity index (χ0) is 13.2. The molecule has 5 heteroatoms. The van der Waals surface area contributed by atoms with Gasteiger partial charge >= 0.3 is 0 Å². The molecule has 1 N–H and O–H groups in total. The number of benzene rings is 1. The summed E-state index contributed by atoms with van der Waals surface area (Å²) < 4.78 is 25.6. The van der Waals surface area contributed by atoms with Crippen molar-refractivity contribution >= 4 is 15.7 Å². The molecule has 1 aliphatic heterocycles. The molecule has 1 aromatic carbocycles. The van der Waals surface area contributed by atoms with Gasteiger partial charge in [-0.25, -0.2) is 8.42 Å². The summed E-state index contributed by atoms with van der Waals surface area (Å²) in [6, 6.07) is 7.89. The van der Waals surface area contributed by atoms with E-state index < -0.39 is 10.0 Å². The summed E-state index contributed by atoms with van der Waals surface area (Å²) in [7, 11) is -3.11. The third-order valence-corrected chi connectivity index (χ3v) is 5.14. The summed E-state index contributed by atoms with van der Waals surface area (Å²) in [6.45, 7) is 5.57. The molecule has 1 unspecified atom stereocenters. The van der Waals surface area contributed by atoms with Crippen molar-refractivity contribution in [3.63, 3.8) is 0 Å². The quantitative estimate of drug-likeness (QED) is 0.907. The maximum absolute atomic E-state index is 12.0. The van der Waals surface area contributed by atoms with Crippen molar-refractivity contribution < 1.29 is 8.42 Å². The Labute approximate surface area is 109 Å². The van der Waals surface area contributed by atoms with Crippen LogP contribution in [0.4, 0.5) is 5.69 Å². The highest BCUT2D eigenvalue weighted by atomic mass is 32.2. The summed E-state index contributed by atoms with van der Waals surface area (Å²) in [5, 5.41) is 3.33. The monoisotopic (exact) mass is 268 g/mol. The molecule has 0 aromatic heterocycles. The molecule has 1 heterocycles. The van der Waals surface area contributed by atoms with Crippen LogP contribution in [0.5, 0.6) is 0 Å². The first kappa shape index (κ1) is 13.4. The third-order valence-electron chi connectivity index (χ3n) is 3.28. The maximum atomic E-state index is 12.0. The van der Waals surface area contributed by atoms with Crippen molar-refractivity contribution in [2.24, 2.45) is 0 Å². The zero-order valence-corrected chi connectivity index (χ0v) is 11.7. The highest BCUT2D eigenvalue weighted by molar-refractivity contribution is 7.93. The van der Waals surface area contributed by atoms with E-state index in [0.717, 1.165) is 17.8 Å². The fourth-order valence-electron chi connectivity index (χ4n) is 2.41. The van der Waals surface area contributed by atoms with E-state index in [0.29, 0.717) is 13.0 Å². The minimum absolute atomic E-state index is 0.155. The molecule has 2 rings (SSSR count). The van der Waals surface area contributed by atoms with Gasteiger partial charge in [0.15, 0.2) is 0 Å². The van der Waals surface area contributed by atoms with E-state index in [4.69, 9.17) is 0 Å². The number of hydrogen-bond donors (Lipinski definition) is 1. The van der Waals surface area contributed by atoms with Crippen molar-refractivity contribution in [3.05, 3.63) is 29.8 Å². The summed E-state index contributed by atoms with van der Waals surface area (Å²) >= 11 is 0. The van der Waals surface area contributed by atoms with E-state index in [1.165, 1.54) is 0 Å². The number of rotatable bonds is 4. The molecule has 18 heavy (non-hydrogen) atoms. The van der Waals surface area contributed by atoms with Crippen LogP contribution in [-0.4, -0.2) is 27.3 Å². The van der Waals surface area contributed by atoms with Crippen LogP contribution in [0, 0.1) is 0 Å². The fourth-order valence-corrected chi connectivity index (χ4v) is 3.99. The average Bonchev–Trinajstić information content (AvgIpc) is 2.69. The number of nitrogens with one attached hydrogen (secondary N) is 1. The minimum Gasteiger partial charge on any atom is -0.310 e. The van der Waals surface area contributed by atoms with E-state index in [2.05, 4.69) is 12.2 Å². The second-order valence-corrected chi connectivity index (χ2v) is 6.59. The Morgan fingerprint density at radius 1 is 1.39 bits per heavy atom. The molecule has 1 fully saturated rings. The van der Waals surface area contributed by atoms with Gasteiger partial charge in [0.05, 0.1) is 11.4 Å². The van der Waals surface area contributed by atoms with Gasteiger partial charge in [-0.15, -0.1) is 0 Å². The molecule has 1 aliphatic rings. The second kappa shape index (κ2) is 5.28. The highest BCUT2D eigenvalue weighted by Gasteiger charge is 2.30. The number of hydrogen-bond acceptors (Lipinski definition) is 3. The van der Waals surface area contributed by atoms with Crippen molar-refractivity contribution in [1.82, 2.24) is 5.32 Å². The lowest BCUT2D eigenvalue weighted by atomic mass is 10.1. The molecule has 0 saturated carbocycles. The maximum Gasteiger partial charge on any atom is 0.235 e. The molecule has 1 saturated heterocycles. The second-order valence-electron chi connectivity index (χ2n) is 4.58. The normalized spacial score (nSPS) is 20.0. The molecule has 100 valence electrons. The lowest BCUT2D eigenvalue weighted by molar-refractivity contribution is 0.592. The van der Waals surface area contributed by atoms with Crippen LogP contribution in [0.25, 0.3) is 0 Å².